The molecular formula is C11H19N3. The molecule has 1 aliphatic rings. The van der Waals surface area contributed by atoms with Crippen molar-refractivity contribution in [3.05, 3.63) is 23.5 Å². The average molecular weight is 193 g/mol. The Hall–Kier alpha value is -0.960. The van der Waals surface area contributed by atoms with Gasteiger partial charge >= 0.3 is 0 Å². The third-order valence-corrected chi connectivity index (χ3v) is 2.92. The quantitative estimate of drug-likeness (QED) is 0.743. The van der Waals surface area contributed by atoms with E-state index in [1.165, 1.54) is 24.2 Å². The molecule has 3 nitrogen and oxygen atoms in total. The van der Waals surface area contributed by atoms with E-state index in [-0.39, 0.29) is 0 Å². The molecule has 1 fully saturated rings. The summed E-state index contributed by atoms with van der Waals surface area (Å²) in [7, 11) is 0. The van der Waals surface area contributed by atoms with Crippen LogP contribution in [0, 0.1) is 13.8 Å². The standard InChI is InChI=1S/C11H19N3/c1-9-3-4-10(2)14(9)13-11-5-7-12-8-6-11/h3-4,11-13H,5-8H2,1-2H3. The highest BCUT2D eigenvalue weighted by atomic mass is 15.4. The van der Waals surface area contributed by atoms with Gasteiger partial charge in [0.05, 0.1) is 0 Å². The van der Waals surface area contributed by atoms with Gasteiger partial charge in [-0.1, -0.05) is 0 Å². The highest BCUT2D eigenvalue weighted by Gasteiger charge is 2.13. The highest BCUT2D eigenvalue weighted by Crippen LogP contribution is 2.09. The van der Waals surface area contributed by atoms with Crippen LogP contribution in [0.2, 0.25) is 0 Å². The van der Waals surface area contributed by atoms with Crippen LogP contribution in [0.4, 0.5) is 0 Å². The van der Waals surface area contributed by atoms with Crippen molar-refractivity contribution in [2.45, 2.75) is 32.7 Å². The molecule has 0 aliphatic carbocycles. The first-order valence-corrected chi connectivity index (χ1v) is 5.39. The third-order valence-electron chi connectivity index (χ3n) is 2.92. The van der Waals surface area contributed by atoms with Crippen molar-refractivity contribution in [2.75, 3.05) is 18.5 Å². The molecule has 2 N–H and O–H groups in total. The van der Waals surface area contributed by atoms with Crippen LogP contribution in [0.15, 0.2) is 12.1 Å². The van der Waals surface area contributed by atoms with Crippen LogP contribution in [0.1, 0.15) is 24.2 Å². The number of piperidine rings is 1. The molecule has 0 bridgehead atoms. The van der Waals surface area contributed by atoms with Gasteiger partial charge < -0.3 is 10.7 Å². The van der Waals surface area contributed by atoms with Gasteiger partial charge in [0.15, 0.2) is 0 Å². The summed E-state index contributed by atoms with van der Waals surface area (Å²) < 4.78 is 2.20. The molecule has 1 aromatic heterocycles. The summed E-state index contributed by atoms with van der Waals surface area (Å²) in [4.78, 5) is 0. The number of hydrogen-bond acceptors (Lipinski definition) is 2. The Bertz CT molecular complexity index is 278. The SMILES string of the molecule is Cc1ccc(C)n1NC1CCNCC1. The van der Waals surface area contributed by atoms with E-state index in [0.29, 0.717) is 6.04 Å². The fourth-order valence-electron chi connectivity index (χ4n) is 2.01. The van der Waals surface area contributed by atoms with Crippen molar-refractivity contribution in [3.63, 3.8) is 0 Å². The minimum Gasteiger partial charge on any atom is -0.323 e. The van der Waals surface area contributed by atoms with Crippen molar-refractivity contribution < 1.29 is 0 Å². The minimum absolute atomic E-state index is 0.626. The summed E-state index contributed by atoms with van der Waals surface area (Å²) in [5.41, 5.74) is 6.16. The topological polar surface area (TPSA) is 29.0 Å². The van der Waals surface area contributed by atoms with E-state index >= 15 is 0 Å². The lowest BCUT2D eigenvalue weighted by molar-refractivity contribution is 0.451. The lowest BCUT2D eigenvalue weighted by Crippen LogP contribution is -2.39. The maximum Gasteiger partial charge on any atom is 0.0448 e. The summed E-state index contributed by atoms with van der Waals surface area (Å²) in [6.45, 7) is 6.55. The summed E-state index contributed by atoms with van der Waals surface area (Å²) in [6.07, 6.45) is 2.44. The van der Waals surface area contributed by atoms with E-state index in [1.807, 2.05) is 0 Å². The monoisotopic (exact) mass is 193 g/mol. The van der Waals surface area contributed by atoms with E-state index in [1.54, 1.807) is 0 Å². The molecule has 2 rings (SSSR count). The molecule has 14 heavy (non-hydrogen) atoms. The highest BCUT2D eigenvalue weighted by molar-refractivity contribution is 5.16. The molecule has 0 aromatic carbocycles. The maximum atomic E-state index is 3.57. The molecule has 2 heterocycles. The summed E-state index contributed by atoms with van der Waals surface area (Å²) in [6, 6.07) is 4.94. The number of aromatic nitrogens is 1. The van der Waals surface area contributed by atoms with Gasteiger partial charge in [-0.25, -0.2) is 0 Å². The van der Waals surface area contributed by atoms with Gasteiger partial charge in [0, 0.05) is 17.4 Å². The van der Waals surface area contributed by atoms with Crippen LogP contribution in [-0.4, -0.2) is 23.8 Å². The van der Waals surface area contributed by atoms with Gasteiger partial charge in [-0.15, -0.1) is 0 Å². The summed E-state index contributed by atoms with van der Waals surface area (Å²) in [5.74, 6) is 0. The van der Waals surface area contributed by atoms with Crippen LogP contribution in [0.5, 0.6) is 0 Å². The second kappa shape index (κ2) is 4.05. The molecule has 0 unspecified atom stereocenters. The first kappa shape index (κ1) is 9.59. The van der Waals surface area contributed by atoms with Gasteiger partial charge in [-0.3, -0.25) is 4.68 Å². The Morgan fingerprint density at radius 2 is 1.79 bits per heavy atom. The fraction of sp³-hybridized carbons (Fsp3) is 0.636. The van der Waals surface area contributed by atoms with Crippen LogP contribution in [-0.2, 0) is 0 Å². The second-order valence-corrected chi connectivity index (χ2v) is 4.10. The molecular weight excluding hydrogens is 174 g/mol. The lowest BCUT2D eigenvalue weighted by atomic mass is 10.1. The Labute approximate surface area is 85.5 Å². The molecule has 0 amide bonds. The number of aryl methyl sites for hydroxylation is 2. The van der Waals surface area contributed by atoms with E-state index in [2.05, 4.69) is 41.4 Å². The molecule has 78 valence electrons. The molecule has 1 saturated heterocycles. The Kier molecular flexibility index (Phi) is 2.77. The van der Waals surface area contributed by atoms with Crippen LogP contribution in [0.3, 0.4) is 0 Å². The van der Waals surface area contributed by atoms with Crippen molar-refractivity contribution in [3.8, 4) is 0 Å². The molecule has 3 heteroatoms. The average Bonchev–Trinajstić information content (AvgIpc) is 2.51. The Morgan fingerprint density at radius 1 is 1.21 bits per heavy atom. The van der Waals surface area contributed by atoms with E-state index in [4.69, 9.17) is 0 Å². The van der Waals surface area contributed by atoms with Crippen molar-refractivity contribution in [1.82, 2.24) is 9.99 Å². The van der Waals surface area contributed by atoms with E-state index in [0.717, 1.165) is 13.1 Å². The van der Waals surface area contributed by atoms with Gasteiger partial charge in [-0.2, -0.15) is 0 Å². The first-order valence-electron chi connectivity index (χ1n) is 5.39. The Morgan fingerprint density at radius 3 is 2.36 bits per heavy atom. The predicted molar refractivity (Wildman–Crippen MR) is 59.2 cm³/mol. The lowest BCUT2D eigenvalue weighted by Gasteiger charge is -2.26. The normalized spacial score (nSPS) is 18.4. The van der Waals surface area contributed by atoms with E-state index < -0.39 is 0 Å². The molecule has 0 spiro atoms. The van der Waals surface area contributed by atoms with Crippen LogP contribution >= 0.6 is 0 Å². The summed E-state index contributed by atoms with van der Waals surface area (Å²) in [5, 5.41) is 3.37. The van der Waals surface area contributed by atoms with Crippen molar-refractivity contribution in [1.29, 1.82) is 0 Å². The van der Waals surface area contributed by atoms with Crippen molar-refractivity contribution in [2.24, 2.45) is 0 Å². The molecule has 0 saturated carbocycles. The zero-order valence-electron chi connectivity index (χ0n) is 9.01. The minimum atomic E-state index is 0.626. The smallest absolute Gasteiger partial charge is 0.0448 e. The van der Waals surface area contributed by atoms with Crippen molar-refractivity contribution >= 4 is 0 Å². The van der Waals surface area contributed by atoms with Gasteiger partial charge in [0.2, 0.25) is 0 Å². The van der Waals surface area contributed by atoms with Gasteiger partial charge in [0.25, 0.3) is 0 Å². The first-order chi connectivity index (χ1) is 6.77. The maximum absolute atomic E-state index is 3.57. The number of nitrogens with one attached hydrogen (secondary N) is 2. The van der Waals surface area contributed by atoms with E-state index in [9.17, 15) is 0 Å². The van der Waals surface area contributed by atoms with Gasteiger partial charge in [0.1, 0.15) is 0 Å². The zero-order chi connectivity index (χ0) is 9.97. The Balaban J connectivity index is 2.02. The number of rotatable bonds is 2. The van der Waals surface area contributed by atoms with Crippen LogP contribution in [0.25, 0.3) is 0 Å². The number of nitrogens with zero attached hydrogens (tertiary/aromatic N) is 1. The molecule has 0 radical (unpaired) electrons. The predicted octanol–water partition coefficient (Wildman–Crippen LogP) is 1.40. The largest absolute Gasteiger partial charge is 0.323 e. The number of hydrogen-bond donors (Lipinski definition) is 2. The molecule has 1 aromatic rings. The van der Waals surface area contributed by atoms with Gasteiger partial charge in [-0.05, 0) is 51.9 Å². The summed E-state index contributed by atoms with van der Waals surface area (Å²) >= 11 is 0. The third kappa shape index (κ3) is 1.93. The molecule has 1 aliphatic heterocycles. The fourth-order valence-corrected chi connectivity index (χ4v) is 2.01. The molecule has 0 atom stereocenters. The van der Waals surface area contributed by atoms with Crippen LogP contribution < -0.4 is 10.7 Å². The zero-order valence-corrected chi connectivity index (χ0v) is 9.01. The second-order valence-electron chi connectivity index (χ2n) is 4.10.